The summed E-state index contributed by atoms with van der Waals surface area (Å²) in [4.78, 5) is 36.9. The van der Waals surface area contributed by atoms with Crippen LogP contribution in [0.2, 0.25) is 0 Å². The van der Waals surface area contributed by atoms with Gasteiger partial charge in [0.15, 0.2) is 0 Å². The number of aryl methyl sites for hydroxylation is 1. The second-order valence-corrected chi connectivity index (χ2v) is 6.68. The molecule has 0 bridgehead atoms. The molecule has 25 heavy (non-hydrogen) atoms. The van der Waals surface area contributed by atoms with Crippen molar-refractivity contribution < 1.29 is 19.1 Å². The van der Waals surface area contributed by atoms with Gasteiger partial charge in [0, 0.05) is 19.5 Å². The molecule has 136 valence electrons. The highest BCUT2D eigenvalue weighted by atomic mass is 16.5. The Bertz CT molecular complexity index is 685. The van der Waals surface area contributed by atoms with Crippen LogP contribution in [0.4, 0.5) is 4.79 Å². The van der Waals surface area contributed by atoms with Gasteiger partial charge in [-0.1, -0.05) is 17.7 Å². The number of imide groups is 1. The number of methoxy groups -OCH3 is 1. The molecule has 7 nitrogen and oxygen atoms in total. The van der Waals surface area contributed by atoms with E-state index in [-0.39, 0.29) is 24.8 Å². The molecule has 1 aliphatic heterocycles. The number of nitrogens with one attached hydrogen (secondary N) is 2. The smallest absolute Gasteiger partial charge is 0.325 e. The number of carbonyl (C=O) groups is 3. The molecule has 1 saturated heterocycles. The van der Waals surface area contributed by atoms with E-state index in [9.17, 15) is 14.4 Å². The van der Waals surface area contributed by atoms with Gasteiger partial charge in [-0.3, -0.25) is 14.5 Å². The van der Waals surface area contributed by atoms with Crippen LogP contribution in [0.15, 0.2) is 18.2 Å². The van der Waals surface area contributed by atoms with Gasteiger partial charge in [0.2, 0.25) is 5.91 Å². The Balaban J connectivity index is 1.79. The molecule has 0 atom stereocenters. The number of nitrogens with zero attached hydrogens (tertiary/aromatic N) is 1. The molecule has 0 spiro atoms. The summed E-state index contributed by atoms with van der Waals surface area (Å²) in [5, 5.41) is 5.40. The third kappa shape index (κ3) is 4.49. The number of amides is 4. The number of carbonyl (C=O) groups excluding carboxylic acids is 3. The van der Waals surface area contributed by atoms with Crippen LogP contribution in [0.5, 0.6) is 5.75 Å². The van der Waals surface area contributed by atoms with Gasteiger partial charge in [-0.25, -0.2) is 4.79 Å². The molecule has 2 N–H and O–H groups in total. The van der Waals surface area contributed by atoms with Crippen LogP contribution in [0.25, 0.3) is 0 Å². The number of urea groups is 1. The number of rotatable bonds is 7. The minimum Gasteiger partial charge on any atom is -0.496 e. The summed E-state index contributed by atoms with van der Waals surface area (Å²) in [6.45, 7) is 5.82. The molecule has 1 aromatic carbocycles. The molecule has 4 amide bonds. The zero-order valence-electron chi connectivity index (χ0n) is 15.1. The Labute approximate surface area is 147 Å². The summed E-state index contributed by atoms with van der Waals surface area (Å²) in [5.74, 6) is 0.285. The lowest BCUT2D eigenvalue weighted by Crippen LogP contribution is -2.40. The highest BCUT2D eigenvalue weighted by Crippen LogP contribution is 2.20. The summed E-state index contributed by atoms with van der Waals surface area (Å²) >= 11 is 0. The molecule has 2 rings (SSSR count). The third-order valence-corrected chi connectivity index (χ3v) is 4.16. The topological polar surface area (TPSA) is 87.7 Å². The normalized spacial score (nSPS) is 15.9. The van der Waals surface area contributed by atoms with E-state index in [0.717, 1.165) is 21.8 Å². The van der Waals surface area contributed by atoms with E-state index >= 15 is 0 Å². The predicted octanol–water partition coefficient (Wildman–Crippen LogP) is 1.38. The van der Waals surface area contributed by atoms with Crippen LogP contribution >= 0.6 is 0 Å². The quantitative estimate of drug-likeness (QED) is 0.730. The zero-order chi connectivity index (χ0) is 18.6. The van der Waals surface area contributed by atoms with Crippen molar-refractivity contribution in [1.29, 1.82) is 0 Å². The van der Waals surface area contributed by atoms with Crippen LogP contribution in [0.3, 0.4) is 0 Å². The van der Waals surface area contributed by atoms with Gasteiger partial charge >= 0.3 is 6.03 Å². The van der Waals surface area contributed by atoms with Gasteiger partial charge in [0.1, 0.15) is 11.3 Å². The lowest BCUT2D eigenvalue weighted by molar-refractivity contribution is -0.130. The number of hydrogen-bond donors (Lipinski definition) is 2. The van der Waals surface area contributed by atoms with Crippen LogP contribution < -0.4 is 15.4 Å². The molecule has 0 radical (unpaired) electrons. The highest BCUT2D eigenvalue weighted by Gasteiger charge is 2.43. The highest BCUT2D eigenvalue weighted by molar-refractivity contribution is 6.06. The fraction of sp³-hybridized carbons (Fsp3) is 0.500. The maximum Gasteiger partial charge on any atom is 0.325 e. The van der Waals surface area contributed by atoms with Crippen LogP contribution in [-0.2, 0) is 16.0 Å². The molecule has 1 aliphatic rings. The standard InChI is InChI=1S/C18H25N3O4/c1-12-5-6-14(25-4)13(11-12)7-9-19-15(22)8-10-21-16(23)18(2,3)20-17(21)24/h5-6,11H,7-10H2,1-4H3,(H,19,22)(H,20,24). The molecule has 1 heterocycles. The number of benzene rings is 1. The number of ether oxygens (including phenoxy) is 1. The molecule has 0 aliphatic carbocycles. The Morgan fingerprint density at radius 3 is 2.64 bits per heavy atom. The van der Waals surface area contributed by atoms with Gasteiger partial charge in [0.25, 0.3) is 5.91 Å². The summed E-state index contributed by atoms with van der Waals surface area (Å²) < 4.78 is 5.31. The van der Waals surface area contributed by atoms with Crippen molar-refractivity contribution >= 4 is 17.8 Å². The van der Waals surface area contributed by atoms with Crippen LogP contribution in [0, 0.1) is 6.92 Å². The first-order chi connectivity index (χ1) is 11.7. The second-order valence-electron chi connectivity index (χ2n) is 6.68. The Morgan fingerprint density at radius 1 is 1.32 bits per heavy atom. The molecular weight excluding hydrogens is 322 g/mol. The number of hydrogen-bond acceptors (Lipinski definition) is 4. The molecular formula is C18H25N3O4. The van der Waals surface area contributed by atoms with Gasteiger partial charge in [-0.2, -0.15) is 0 Å². The van der Waals surface area contributed by atoms with Crippen molar-refractivity contribution in [1.82, 2.24) is 15.5 Å². The molecule has 0 unspecified atom stereocenters. The van der Waals surface area contributed by atoms with Gasteiger partial charge < -0.3 is 15.4 Å². The first-order valence-electron chi connectivity index (χ1n) is 8.29. The minimum absolute atomic E-state index is 0.0771. The Kier molecular flexibility index (Phi) is 5.66. The lowest BCUT2D eigenvalue weighted by Gasteiger charge is -2.15. The average molecular weight is 347 g/mol. The van der Waals surface area contributed by atoms with Crippen molar-refractivity contribution in [2.75, 3.05) is 20.2 Å². The summed E-state index contributed by atoms with van der Waals surface area (Å²) in [5.41, 5.74) is 1.25. The molecule has 1 fully saturated rings. The first-order valence-corrected chi connectivity index (χ1v) is 8.29. The van der Waals surface area contributed by atoms with Crippen molar-refractivity contribution in [3.63, 3.8) is 0 Å². The van der Waals surface area contributed by atoms with Crippen LogP contribution in [0.1, 0.15) is 31.4 Å². The first kappa shape index (κ1) is 18.8. The van der Waals surface area contributed by atoms with Crippen molar-refractivity contribution in [3.05, 3.63) is 29.3 Å². The van der Waals surface area contributed by atoms with Crippen LogP contribution in [-0.4, -0.2) is 48.5 Å². The van der Waals surface area contributed by atoms with E-state index in [4.69, 9.17) is 4.74 Å². The average Bonchev–Trinajstić information content (AvgIpc) is 2.73. The SMILES string of the molecule is COc1ccc(C)cc1CCNC(=O)CCN1C(=O)NC(C)(C)C1=O. The zero-order valence-corrected chi connectivity index (χ0v) is 15.1. The second kappa shape index (κ2) is 7.55. The fourth-order valence-electron chi connectivity index (χ4n) is 2.76. The summed E-state index contributed by atoms with van der Waals surface area (Å²) in [7, 11) is 1.62. The maximum absolute atomic E-state index is 12.0. The fourth-order valence-corrected chi connectivity index (χ4v) is 2.76. The molecule has 0 saturated carbocycles. The van der Waals surface area contributed by atoms with Gasteiger partial charge in [-0.05, 0) is 38.8 Å². The van der Waals surface area contributed by atoms with E-state index < -0.39 is 11.6 Å². The van der Waals surface area contributed by atoms with E-state index in [2.05, 4.69) is 10.6 Å². The van der Waals surface area contributed by atoms with Crippen molar-refractivity contribution in [3.8, 4) is 5.75 Å². The monoisotopic (exact) mass is 347 g/mol. The Hall–Kier alpha value is -2.57. The van der Waals surface area contributed by atoms with E-state index in [1.165, 1.54) is 0 Å². The molecule has 1 aromatic rings. The molecule has 7 heteroatoms. The van der Waals surface area contributed by atoms with E-state index in [1.54, 1.807) is 21.0 Å². The minimum atomic E-state index is -0.907. The summed E-state index contributed by atoms with van der Waals surface area (Å²) in [6, 6.07) is 5.46. The summed E-state index contributed by atoms with van der Waals surface area (Å²) in [6.07, 6.45) is 0.729. The van der Waals surface area contributed by atoms with Gasteiger partial charge in [-0.15, -0.1) is 0 Å². The van der Waals surface area contributed by atoms with E-state index in [1.807, 2.05) is 25.1 Å². The molecule has 0 aromatic heterocycles. The maximum atomic E-state index is 12.0. The largest absolute Gasteiger partial charge is 0.496 e. The predicted molar refractivity (Wildman–Crippen MR) is 93.4 cm³/mol. The van der Waals surface area contributed by atoms with E-state index in [0.29, 0.717) is 13.0 Å². The lowest BCUT2D eigenvalue weighted by atomic mass is 10.1. The van der Waals surface area contributed by atoms with Gasteiger partial charge in [0.05, 0.1) is 7.11 Å². The van der Waals surface area contributed by atoms with Crippen molar-refractivity contribution in [2.45, 2.75) is 39.2 Å². The third-order valence-electron chi connectivity index (χ3n) is 4.16. The van der Waals surface area contributed by atoms with Crippen molar-refractivity contribution in [2.24, 2.45) is 0 Å². The Morgan fingerprint density at radius 2 is 2.04 bits per heavy atom.